The van der Waals surface area contributed by atoms with Crippen molar-refractivity contribution < 1.29 is 106 Å². The number of ether oxygens (including phenoxy) is 3. The van der Waals surface area contributed by atoms with Crippen LogP contribution >= 0.6 is 11.6 Å². The van der Waals surface area contributed by atoms with Crippen LogP contribution in [0.2, 0.25) is 5.02 Å². The summed E-state index contributed by atoms with van der Waals surface area (Å²) in [6.45, 7) is 11.5. The summed E-state index contributed by atoms with van der Waals surface area (Å²) in [6, 6.07) is 0.663. The Morgan fingerprint density at radius 1 is 0.683 bits per heavy atom. The van der Waals surface area contributed by atoms with Crippen LogP contribution in [-0.4, -0.2) is 96.4 Å². The van der Waals surface area contributed by atoms with Crippen LogP contribution in [0.25, 0.3) is 0 Å². The minimum atomic E-state index is -5.02. The van der Waals surface area contributed by atoms with Crippen molar-refractivity contribution in [2.24, 2.45) is 0 Å². The van der Waals surface area contributed by atoms with E-state index in [2.05, 4.69) is 0 Å². The summed E-state index contributed by atoms with van der Waals surface area (Å²) < 4.78 is 91.5. The third-order valence-electron chi connectivity index (χ3n) is 7.42. The Morgan fingerprint density at radius 2 is 1.02 bits per heavy atom. The molecule has 0 spiro atoms. The molecule has 2 amide bonds. The average Bonchev–Trinajstić information content (AvgIpc) is 3.72. The van der Waals surface area contributed by atoms with Gasteiger partial charge in [0.15, 0.2) is 5.02 Å². The smallest absolute Gasteiger partial charge is 1.00 e. The van der Waals surface area contributed by atoms with E-state index in [0.29, 0.717) is 19.5 Å². The van der Waals surface area contributed by atoms with Crippen LogP contribution in [0, 0.1) is 40.5 Å². The summed E-state index contributed by atoms with van der Waals surface area (Å²) in [5.41, 5.74) is -8.93. The van der Waals surface area contributed by atoms with E-state index < -0.39 is 100 Å². The molecule has 28 heteroatoms. The minimum absolute atomic E-state index is 0. The van der Waals surface area contributed by atoms with E-state index in [9.17, 15) is 81.5 Å². The number of halogens is 7. The molecule has 0 saturated carbocycles. The first-order valence-corrected chi connectivity index (χ1v) is 17.1. The normalized spacial score (nSPS) is 16.6. The van der Waals surface area contributed by atoms with Crippen molar-refractivity contribution in [3.8, 4) is 5.75 Å². The molecule has 2 aliphatic heterocycles. The molecule has 2 heterocycles. The Balaban J connectivity index is 0.000000957. The third kappa shape index (κ3) is 16.0. The van der Waals surface area contributed by atoms with Crippen LogP contribution in [0.1, 0.15) is 66.9 Å². The number of hydrogen-bond donors (Lipinski definition) is 1. The first-order valence-electron chi connectivity index (χ1n) is 16.8. The zero-order valence-electron chi connectivity index (χ0n) is 33.8. The van der Waals surface area contributed by atoms with Crippen molar-refractivity contribution in [1.29, 1.82) is 0 Å². The minimum Gasteiger partial charge on any atom is -1.00 e. The second-order valence-electron chi connectivity index (χ2n) is 14.5. The van der Waals surface area contributed by atoms with Gasteiger partial charge in [-0.3, -0.25) is 40.5 Å². The molecule has 0 radical (unpaired) electrons. The second kappa shape index (κ2) is 20.7. The summed E-state index contributed by atoms with van der Waals surface area (Å²) in [5, 5.41) is 51.5. The molecule has 60 heavy (non-hydrogen) atoms. The van der Waals surface area contributed by atoms with E-state index in [-0.39, 0.29) is 87.0 Å². The Labute approximate surface area is 364 Å². The fourth-order valence-corrected chi connectivity index (χ4v) is 5.14. The van der Waals surface area contributed by atoms with Gasteiger partial charge < -0.3 is 30.5 Å². The monoisotopic (exact) mass is 902 g/mol. The van der Waals surface area contributed by atoms with Crippen molar-refractivity contribution in [2.45, 2.75) is 90.1 Å². The maximum absolute atomic E-state index is 12.9. The number of hydrogen-bond acceptors (Lipinski definition) is 14. The molecule has 2 aromatic carbocycles. The number of amides is 2. The fourth-order valence-electron chi connectivity index (χ4n) is 4.90. The third-order valence-corrected chi connectivity index (χ3v) is 7.81. The Hall–Kier alpha value is -4.79. The molecule has 2 aromatic rings. The van der Waals surface area contributed by atoms with Crippen molar-refractivity contribution in [3.63, 3.8) is 0 Å². The predicted octanol–water partition coefficient (Wildman–Crippen LogP) is 5.19. The van der Waals surface area contributed by atoms with E-state index in [1.807, 2.05) is 20.8 Å². The molecule has 4 rings (SSSR count). The van der Waals surface area contributed by atoms with Gasteiger partial charge in [0.25, 0.3) is 17.1 Å². The molecule has 2 atom stereocenters. The number of nitro benzene ring substituents is 4. The number of aliphatic hydroxyl groups excluding tert-OH is 1. The largest absolute Gasteiger partial charge is 1.00 e. The number of alkyl halides is 6. The molecule has 0 aromatic heterocycles. The standard InChI is InChI=1S/C16H18F3N3O7.C9H17NO3.C7H2ClF3N2O4.Na.H/c1-15(2,3)29-14(23)20-5-4-10(8-20)28-13-11(21(24)25)6-9(16(17,18)19)7-12(13)22(26)27;1-9(2,3)13-8(12)10-5-4-7(11)6-10;8-6-4(12(14)15)1-3(7(9,10)11)2-5(6)13(16)17;;/h6-7,10H,4-5,8H2,1-3H3;7,11H,4-6H2,1-3H3;1-2H;;/q;;;+1;-1/t10-;7-;;;/m11.../s1. The summed E-state index contributed by atoms with van der Waals surface area (Å²) in [5.74, 6) is -0.885. The Morgan fingerprint density at radius 3 is 1.32 bits per heavy atom. The van der Waals surface area contributed by atoms with Gasteiger partial charge in [-0.1, -0.05) is 11.6 Å². The Bertz CT molecular complexity index is 1880. The summed E-state index contributed by atoms with van der Waals surface area (Å²) in [4.78, 5) is 64.7. The number of nitro groups is 4. The van der Waals surface area contributed by atoms with Crippen LogP contribution in [-0.2, 0) is 21.8 Å². The summed E-state index contributed by atoms with van der Waals surface area (Å²) >= 11 is 5.27. The number of β-amino-alcohol motifs (C(OH)–C–C–N with tert-alkyl or cyclic N) is 1. The van der Waals surface area contributed by atoms with E-state index in [1.165, 1.54) is 9.80 Å². The second-order valence-corrected chi connectivity index (χ2v) is 14.9. The van der Waals surface area contributed by atoms with Crippen molar-refractivity contribution in [1.82, 2.24) is 9.80 Å². The SMILES string of the molecule is CC(C)(C)OC(=O)N1CC[C@@H](O)C1.CC(C)(C)OC(=O)N1CC[C@@H](Oc2c([N+](=O)[O-])cc(C(F)(F)F)cc2[N+](=O)[O-])C1.O=[N+]([O-])c1cc(C(F)(F)F)cc([N+](=O)[O-])c1Cl.[H-].[Na+]. The molecular weight excluding hydrogens is 865 g/mol. The number of carbonyl (C=O) groups excluding carboxylic acids is 2. The van der Waals surface area contributed by atoms with Gasteiger partial charge in [-0.2, -0.15) is 26.3 Å². The van der Waals surface area contributed by atoms with Gasteiger partial charge in [0, 0.05) is 50.3 Å². The first-order chi connectivity index (χ1) is 26.7. The average molecular weight is 903 g/mol. The van der Waals surface area contributed by atoms with Crippen molar-refractivity contribution in [2.75, 3.05) is 26.2 Å². The van der Waals surface area contributed by atoms with E-state index in [1.54, 1.807) is 20.8 Å². The number of nitrogens with zero attached hydrogens (tertiary/aromatic N) is 6. The topological polar surface area (TPSA) is 261 Å². The Kier molecular flexibility index (Phi) is 18.3. The first kappa shape index (κ1) is 53.2. The predicted molar refractivity (Wildman–Crippen MR) is 191 cm³/mol. The molecule has 2 saturated heterocycles. The van der Waals surface area contributed by atoms with Gasteiger partial charge in [-0.25, -0.2) is 9.59 Å². The summed E-state index contributed by atoms with van der Waals surface area (Å²) in [6.07, 6.45) is -11.4. The van der Waals surface area contributed by atoms with Crippen LogP contribution in [0.3, 0.4) is 0 Å². The molecular formula is C32H38ClF6N6NaO14. The van der Waals surface area contributed by atoms with E-state index >= 15 is 0 Å². The van der Waals surface area contributed by atoms with Crippen molar-refractivity contribution in [3.05, 3.63) is 80.9 Å². The number of rotatable bonds is 6. The number of carbonyl (C=O) groups is 2. The zero-order valence-corrected chi connectivity index (χ0v) is 35.5. The van der Waals surface area contributed by atoms with Gasteiger partial charge in [-0.05, 0) is 48.0 Å². The van der Waals surface area contributed by atoms with Gasteiger partial charge in [0.1, 0.15) is 17.3 Å². The fraction of sp³-hybridized carbons (Fsp3) is 0.562. The van der Waals surface area contributed by atoms with Gasteiger partial charge >= 0.3 is 65.5 Å². The maximum Gasteiger partial charge on any atom is 1.00 e. The van der Waals surface area contributed by atoms with E-state index in [4.69, 9.17) is 25.8 Å². The number of benzene rings is 2. The molecule has 2 aliphatic rings. The molecule has 1 N–H and O–H groups in total. The van der Waals surface area contributed by atoms with Crippen LogP contribution < -0.4 is 34.3 Å². The van der Waals surface area contributed by atoms with Crippen molar-refractivity contribution >= 4 is 46.5 Å². The van der Waals surface area contributed by atoms with Crippen LogP contribution in [0.4, 0.5) is 58.7 Å². The maximum atomic E-state index is 12.9. The number of aliphatic hydroxyl groups is 1. The van der Waals surface area contributed by atoms with Crippen LogP contribution in [0.5, 0.6) is 5.75 Å². The number of likely N-dealkylation sites (tertiary alicyclic amines) is 2. The molecule has 20 nitrogen and oxygen atoms in total. The van der Waals surface area contributed by atoms with E-state index in [0.717, 1.165) is 0 Å². The van der Waals surface area contributed by atoms with Gasteiger partial charge in [0.05, 0.1) is 43.5 Å². The summed E-state index contributed by atoms with van der Waals surface area (Å²) in [7, 11) is 0. The quantitative estimate of drug-likeness (QED) is 0.169. The molecule has 0 aliphatic carbocycles. The molecule has 0 bridgehead atoms. The molecule has 330 valence electrons. The van der Waals surface area contributed by atoms with Crippen LogP contribution in [0.15, 0.2) is 24.3 Å². The molecule has 0 unspecified atom stereocenters. The molecule has 2 fully saturated rings. The van der Waals surface area contributed by atoms with Gasteiger partial charge in [0.2, 0.25) is 0 Å². The van der Waals surface area contributed by atoms with Gasteiger partial charge in [-0.15, -0.1) is 0 Å². The zero-order chi connectivity index (χ0) is 45.6.